The summed E-state index contributed by atoms with van der Waals surface area (Å²) in [6.07, 6.45) is 3.17. The number of carbonyl (C=O) groups excluding carboxylic acids is 1. The van der Waals surface area contributed by atoms with Gasteiger partial charge in [0.05, 0.1) is 24.2 Å². The number of hydrogen-bond acceptors (Lipinski definition) is 5. The van der Waals surface area contributed by atoms with Crippen molar-refractivity contribution in [3.63, 3.8) is 0 Å². The third-order valence-corrected chi connectivity index (χ3v) is 4.97. The van der Waals surface area contributed by atoms with Crippen molar-refractivity contribution in [3.05, 3.63) is 12.7 Å². The van der Waals surface area contributed by atoms with Crippen molar-refractivity contribution in [3.8, 4) is 0 Å². The highest BCUT2D eigenvalue weighted by atomic mass is 16.7. The Labute approximate surface area is 159 Å². The first-order valence-electron chi connectivity index (χ1n) is 9.79. The molecule has 1 fully saturated rings. The van der Waals surface area contributed by atoms with Crippen LogP contribution in [-0.4, -0.2) is 41.3 Å². The van der Waals surface area contributed by atoms with Crippen molar-refractivity contribution < 1.29 is 24.1 Å². The highest BCUT2D eigenvalue weighted by Crippen LogP contribution is 2.29. The van der Waals surface area contributed by atoms with Gasteiger partial charge in [-0.25, -0.2) is 0 Å². The van der Waals surface area contributed by atoms with Crippen LogP contribution in [0.5, 0.6) is 0 Å². The molecular weight excluding hydrogens is 332 g/mol. The van der Waals surface area contributed by atoms with Gasteiger partial charge in [0, 0.05) is 5.92 Å². The van der Waals surface area contributed by atoms with Gasteiger partial charge < -0.3 is 19.3 Å². The molecule has 26 heavy (non-hydrogen) atoms. The molecular formula is C21H38O5. The van der Waals surface area contributed by atoms with Gasteiger partial charge in [0.2, 0.25) is 0 Å². The number of hydrogen-bond donors (Lipinski definition) is 1. The quantitative estimate of drug-likeness (QED) is 0.515. The van der Waals surface area contributed by atoms with Crippen LogP contribution >= 0.6 is 0 Å². The summed E-state index contributed by atoms with van der Waals surface area (Å²) in [5.74, 6) is -0.233. The molecule has 0 unspecified atom stereocenters. The predicted octanol–water partition coefficient (Wildman–Crippen LogP) is 4.08. The van der Waals surface area contributed by atoms with E-state index in [0.29, 0.717) is 6.42 Å². The molecule has 1 saturated heterocycles. The topological polar surface area (TPSA) is 65.0 Å². The summed E-state index contributed by atoms with van der Waals surface area (Å²) in [5.41, 5.74) is -0.483. The minimum Gasteiger partial charge on any atom is -0.460 e. The van der Waals surface area contributed by atoms with Gasteiger partial charge in [-0.3, -0.25) is 4.79 Å². The fraction of sp³-hybridized carbons (Fsp3) is 0.857. The van der Waals surface area contributed by atoms with E-state index in [1.54, 1.807) is 0 Å². The summed E-state index contributed by atoms with van der Waals surface area (Å²) in [5, 5.41) is 9.87. The summed E-state index contributed by atoms with van der Waals surface area (Å²) in [6, 6.07) is 0. The lowest BCUT2D eigenvalue weighted by Gasteiger charge is -2.37. The van der Waals surface area contributed by atoms with Gasteiger partial charge in [-0.15, -0.1) is 6.58 Å². The molecule has 0 radical (unpaired) electrons. The molecule has 1 N–H and O–H groups in total. The summed E-state index contributed by atoms with van der Waals surface area (Å²) in [4.78, 5) is 12.3. The van der Waals surface area contributed by atoms with Crippen molar-refractivity contribution in [2.45, 2.75) is 97.9 Å². The van der Waals surface area contributed by atoms with Crippen molar-refractivity contribution in [2.75, 3.05) is 0 Å². The maximum atomic E-state index is 12.3. The fourth-order valence-corrected chi connectivity index (χ4v) is 3.15. The van der Waals surface area contributed by atoms with Gasteiger partial charge in [0.15, 0.2) is 6.29 Å². The van der Waals surface area contributed by atoms with Crippen LogP contribution < -0.4 is 0 Å². The number of allylic oxidation sites excluding steroid dienone is 1. The average molecular weight is 371 g/mol. The summed E-state index contributed by atoms with van der Waals surface area (Å²) >= 11 is 0. The molecule has 0 aromatic carbocycles. The minimum absolute atomic E-state index is 0.00169. The second-order valence-electron chi connectivity index (χ2n) is 8.74. The zero-order valence-corrected chi connectivity index (χ0v) is 17.5. The Morgan fingerprint density at radius 2 is 1.92 bits per heavy atom. The third kappa shape index (κ3) is 7.37. The molecule has 1 aliphatic heterocycles. The van der Waals surface area contributed by atoms with Crippen LogP contribution in [-0.2, 0) is 19.0 Å². The van der Waals surface area contributed by atoms with E-state index in [9.17, 15) is 9.90 Å². The normalized spacial score (nSPS) is 30.3. The van der Waals surface area contributed by atoms with Crippen molar-refractivity contribution in [1.82, 2.24) is 0 Å². The molecule has 1 heterocycles. The van der Waals surface area contributed by atoms with Crippen LogP contribution in [0.4, 0.5) is 0 Å². The number of aliphatic hydroxyl groups excluding tert-OH is 1. The Morgan fingerprint density at radius 1 is 1.31 bits per heavy atom. The summed E-state index contributed by atoms with van der Waals surface area (Å²) in [7, 11) is 0. The molecule has 0 aromatic rings. The predicted molar refractivity (Wildman–Crippen MR) is 103 cm³/mol. The van der Waals surface area contributed by atoms with Crippen molar-refractivity contribution >= 4 is 5.97 Å². The van der Waals surface area contributed by atoms with Crippen LogP contribution in [0.2, 0.25) is 0 Å². The highest BCUT2D eigenvalue weighted by molar-refractivity contribution is 5.73. The summed E-state index contributed by atoms with van der Waals surface area (Å²) < 4.78 is 17.3. The first-order valence-corrected chi connectivity index (χ1v) is 9.79. The molecule has 1 aliphatic rings. The van der Waals surface area contributed by atoms with Gasteiger partial charge in [-0.1, -0.05) is 19.9 Å². The minimum atomic E-state index is -0.483. The van der Waals surface area contributed by atoms with Crippen LogP contribution in [0.1, 0.15) is 67.7 Å². The average Bonchev–Trinajstić information content (AvgIpc) is 2.51. The van der Waals surface area contributed by atoms with Crippen molar-refractivity contribution in [1.29, 1.82) is 0 Å². The lowest BCUT2D eigenvalue weighted by atomic mass is 9.88. The van der Waals surface area contributed by atoms with Gasteiger partial charge in [-0.2, -0.15) is 0 Å². The van der Waals surface area contributed by atoms with Crippen LogP contribution in [0.15, 0.2) is 12.7 Å². The molecule has 0 amide bonds. The monoisotopic (exact) mass is 370 g/mol. The van der Waals surface area contributed by atoms with E-state index in [1.807, 2.05) is 54.5 Å². The number of rotatable bonds is 8. The zero-order chi connectivity index (χ0) is 20.1. The molecule has 0 aliphatic carbocycles. The molecule has 5 nitrogen and oxygen atoms in total. The van der Waals surface area contributed by atoms with Crippen molar-refractivity contribution in [2.24, 2.45) is 17.8 Å². The van der Waals surface area contributed by atoms with Crippen LogP contribution in [0.25, 0.3) is 0 Å². The second kappa shape index (κ2) is 9.86. The number of carbonyl (C=O) groups is 1. The molecule has 7 atom stereocenters. The second-order valence-corrected chi connectivity index (χ2v) is 8.74. The third-order valence-electron chi connectivity index (χ3n) is 4.97. The van der Waals surface area contributed by atoms with E-state index in [2.05, 4.69) is 6.58 Å². The number of ether oxygens (including phenoxy) is 3. The van der Waals surface area contributed by atoms with Crippen LogP contribution in [0, 0.1) is 17.8 Å². The molecule has 152 valence electrons. The van der Waals surface area contributed by atoms with E-state index in [1.165, 1.54) is 0 Å². The maximum Gasteiger partial charge on any atom is 0.309 e. The first kappa shape index (κ1) is 23.1. The smallest absolute Gasteiger partial charge is 0.309 e. The molecule has 1 rings (SSSR count). The Kier molecular flexibility index (Phi) is 8.77. The summed E-state index contributed by atoms with van der Waals surface area (Å²) in [6.45, 7) is 17.3. The molecule has 0 saturated carbocycles. The molecule has 0 bridgehead atoms. The van der Waals surface area contributed by atoms with E-state index >= 15 is 0 Å². The van der Waals surface area contributed by atoms with Gasteiger partial charge in [0.1, 0.15) is 5.60 Å². The van der Waals surface area contributed by atoms with Gasteiger partial charge in [-0.05, 0) is 59.8 Å². The largest absolute Gasteiger partial charge is 0.460 e. The van der Waals surface area contributed by atoms with E-state index < -0.39 is 11.7 Å². The Balaban J connectivity index is 2.49. The zero-order valence-electron chi connectivity index (χ0n) is 17.5. The number of aliphatic hydroxyl groups is 1. The molecule has 0 spiro atoms. The standard InChI is InChI=1S/C21H38O5/c1-9-17(15(4)19(23)26-21(6,7)8)11-10-14(3)24-20-13(2)12-18(22)16(5)25-20/h9,13-18,20,22H,1,10-12H2,2-8H3/t13-,14-,15+,16+,17-,18-,20-/m1/s1. The Morgan fingerprint density at radius 3 is 2.46 bits per heavy atom. The molecule has 5 heteroatoms. The molecule has 0 aromatic heterocycles. The van der Waals surface area contributed by atoms with E-state index in [0.717, 1.165) is 12.8 Å². The van der Waals surface area contributed by atoms with Gasteiger partial charge in [0.25, 0.3) is 0 Å². The first-order chi connectivity index (χ1) is 11.9. The van der Waals surface area contributed by atoms with Crippen LogP contribution in [0.3, 0.4) is 0 Å². The lowest BCUT2D eigenvalue weighted by molar-refractivity contribution is -0.255. The van der Waals surface area contributed by atoms with E-state index in [-0.39, 0.29) is 42.2 Å². The van der Waals surface area contributed by atoms with Gasteiger partial charge >= 0.3 is 5.97 Å². The lowest BCUT2D eigenvalue weighted by Crippen LogP contribution is -2.44. The maximum absolute atomic E-state index is 12.3. The SMILES string of the molecule is C=C[C@H](CC[C@@H](C)O[C@@H]1O[C@@H](C)[C@H](O)C[C@H]1C)[C@H](C)C(=O)OC(C)(C)C. The highest BCUT2D eigenvalue weighted by Gasteiger charge is 2.34. The Hall–Kier alpha value is -0.910. The number of esters is 1. The van der Waals surface area contributed by atoms with E-state index in [4.69, 9.17) is 14.2 Å². The Bertz CT molecular complexity index is 456. The fourth-order valence-electron chi connectivity index (χ4n) is 3.15.